The Morgan fingerprint density at radius 3 is 2.52 bits per heavy atom. The SMILES string of the molecule is CNS(=O)(=O)c1cc(C(=O)OCC(=O)c2cc(C)n(-c3cccc(F)c3)c2C)n(C)c1. The Balaban J connectivity index is 1.78. The molecule has 2 aromatic heterocycles. The third-order valence-electron chi connectivity index (χ3n) is 4.90. The van der Waals surface area contributed by atoms with Gasteiger partial charge in [0.05, 0.1) is 0 Å². The van der Waals surface area contributed by atoms with Gasteiger partial charge in [-0.15, -0.1) is 0 Å². The molecule has 3 rings (SSSR count). The maximum Gasteiger partial charge on any atom is 0.355 e. The lowest BCUT2D eigenvalue weighted by Gasteiger charge is -2.10. The number of rotatable bonds is 7. The van der Waals surface area contributed by atoms with Crippen LogP contribution in [-0.2, 0) is 21.8 Å². The lowest BCUT2D eigenvalue weighted by molar-refractivity contribution is 0.0465. The molecule has 0 spiro atoms. The Morgan fingerprint density at radius 2 is 1.87 bits per heavy atom. The van der Waals surface area contributed by atoms with Gasteiger partial charge in [0, 0.05) is 35.9 Å². The maximum atomic E-state index is 13.6. The molecule has 1 aromatic carbocycles. The van der Waals surface area contributed by atoms with Crippen molar-refractivity contribution in [2.24, 2.45) is 7.05 Å². The maximum absolute atomic E-state index is 13.6. The summed E-state index contributed by atoms with van der Waals surface area (Å²) in [5.74, 6) is -1.65. The van der Waals surface area contributed by atoms with Crippen LogP contribution in [0.25, 0.3) is 5.69 Å². The number of ketones is 1. The second-order valence-corrected chi connectivity index (χ2v) is 8.87. The third kappa shape index (κ3) is 4.44. The standard InChI is InChI=1S/C21H22FN3O5S/c1-13-8-18(14(2)25(13)16-7-5-6-15(22)9-16)20(26)12-30-21(27)19-10-17(11-24(19)4)31(28,29)23-3/h5-11,23H,12H2,1-4H3. The summed E-state index contributed by atoms with van der Waals surface area (Å²) in [6, 6.07) is 8.82. The van der Waals surface area contributed by atoms with Gasteiger partial charge in [-0.3, -0.25) is 4.79 Å². The van der Waals surface area contributed by atoms with Crippen molar-refractivity contribution >= 4 is 21.8 Å². The highest BCUT2D eigenvalue weighted by Gasteiger charge is 2.22. The summed E-state index contributed by atoms with van der Waals surface area (Å²) in [6.07, 6.45) is 1.27. The van der Waals surface area contributed by atoms with E-state index in [1.807, 2.05) is 0 Å². The molecule has 0 saturated carbocycles. The summed E-state index contributed by atoms with van der Waals surface area (Å²) in [5.41, 5.74) is 2.23. The fourth-order valence-corrected chi connectivity index (χ4v) is 4.14. The van der Waals surface area contributed by atoms with Crippen LogP contribution in [0.3, 0.4) is 0 Å². The number of esters is 1. The second kappa shape index (κ2) is 8.48. The highest BCUT2D eigenvalue weighted by molar-refractivity contribution is 7.89. The molecule has 3 aromatic rings. The highest BCUT2D eigenvalue weighted by Crippen LogP contribution is 2.22. The van der Waals surface area contributed by atoms with Crippen LogP contribution in [0.4, 0.5) is 4.39 Å². The first-order chi connectivity index (χ1) is 14.5. The molecule has 0 aliphatic heterocycles. The molecule has 2 heterocycles. The molecule has 0 radical (unpaired) electrons. The number of hydrogen-bond acceptors (Lipinski definition) is 5. The van der Waals surface area contributed by atoms with Crippen molar-refractivity contribution in [2.45, 2.75) is 18.7 Å². The van der Waals surface area contributed by atoms with Gasteiger partial charge in [0.25, 0.3) is 0 Å². The molecule has 0 amide bonds. The van der Waals surface area contributed by atoms with Gasteiger partial charge >= 0.3 is 5.97 Å². The van der Waals surface area contributed by atoms with Crippen molar-refractivity contribution in [1.29, 1.82) is 0 Å². The molecule has 1 N–H and O–H groups in total. The number of halogens is 1. The van der Waals surface area contributed by atoms with E-state index in [0.717, 1.165) is 5.69 Å². The summed E-state index contributed by atoms with van der Waals surface area (Å²) in [7, 11) is -0.957. The zero-order chi connectivity index (χ0) is 22.9. The predicted molar refractivity (Wildman–Crippen MR) is 111 cm³/mol. The van der Waals surface area contributed by atoms with E-state index in [-0.39, 0.29) is 10.6 Å². The number of nitrogens with zero attached hydrogens (tertiary/aromatic N) is 2. The number of ether oxygens (including phenoxy) is 1. The minimum absolute atomic E-state index is 0.00754. The van der Waals surface area contributed by atoms with Crippen LogP contribution < -0.4 is 4.72 Å². The van der Waals surface area contributed by atoms with Crippen LogP contribution in [-0.4, -0.2) is 43.0 Å². The number of aryl methyl sites for hydroxylation is 2. The van der Waals surface area contributed by atoms with Crippen molar-refractivity contribution in [3.8, 4) is 5.69 Å². The van der Waals surface area contributed by atoms with Gasteiger partial charge in [-0.1, -0.05) is 6.07 Å². The second-order valence-electron chi connectivity index (χ2n) is 6.98. The van der Waals surface area contributed by atoms with Gasteiger partial charge in [0.15, 0.2) is 6.61 Å². The first-order valence-electron chi connectivity index (χ1n) is 9.30. The molecular weight excluding hydrogens is 425 g/mol. The molecule has 0 aliphatic carbocycles. The number of carbonyl (C=O) groups is 2. The normalized spacial score (nSPS) is 11.5. The molecule has 0 unspecified atom stereocenters. The molecule has 0 atom stereocenters. The largest absolute Gasteiger partial charge is 0.453 e. The molecule has 8 nitrogen and oxygen atoms in total. The highest BCUT2D eigenvalue weighted by atomic mass is 32.2. The van der Waals surface area contributed by atoms with E-state index in [1.165, 1.54) is 43.1 Å². The van der Waals surface area contributed by atoms with Crippen molar-refractivity contribution in [1.82, 2.24) is 13.9 Å². The van der Waals surface area contributed by atoms with Crippen molar-refractivity contribution < 1.29 is 27.1 Å². The van der Waals surface area contributed by atoms with Crippen LogP contribution in [0, 0.1) is 19.7 Å². The number of hydrogen-bond donors (Lipinski definition) is 1. The van der Waals surface area contributed by atoms with E-state index in [0.29, 0.717) is 16.9 Å². The summed E-state index contributed by atoms with van der Waals surface area (Å²) >= 11 is 0. The summed E-state index contributed by atoms with van der Waals surface area (Å²) < 4.78 is 47.7. The first-order valence-corrected chi connectivity index (χ1v) is 10.8. The zero-order valence-corrected chi connectivity index (χ0v) is 18.3. The lowest BCUT2D eigenvalue weighted by Crippen LogP contribution is -2.18. The summed E-state index contributed by atoms with van der Waals surface area (Å²) in [4.78, 5) is 25.0. The molecule has 0 saturated heterocycles. The van der Waals surface area contributed by atoms with E-state index >= 15 is 0 Å². The lowest BCUT2D eigenvalue weighted by atomic mass is 10.1. The third-order valence-corrected chi connectivity index (χ3v) is 6.28. The smallest absolute Gasteiger partial charge is 0.355 e. The van der Waals surface area contributed by atoms with Crippen LogP contribution in [0.1, 0.15) is 32.2 Å². The van der Waals surface area contributed by atoms with Crippen LogP contribution in [0.5, 0.6) is 0 Å². The molecule has 0 bridgehead atoms. The zero-order valence-electron chi connectivity index (χ0n) is 17.5. The van der Waals surface area contributed by atoms with Gasteiger partial charge in [-0.2, -0.15) is 0 Å². The Bertz CT molecular complexity index is 1270. The molecule has 10 heteroatoms. The molecule has 0 fully saturated rings. The van der Waals surface area contributed by atoms with Crippen LogP contribution >= 0.6 is 0 Å². The van der Waals surface area contributed by atoms with Gasteiger partial charge in [0.2, 0.25) is 15.8 Å². The first kappa shape index (κ1) is 22.4. The van der Waals surface area contributed by atoms with Gasteiger partial charge in [0.1, 0.15) is 16.4 Å². The van der Waals surface area contributed by atoms with Gasteiger partial charge in [-0.25, -0.2) is 22.3 Å². The number of benzene rings is 1. The predicted octanol–water partition coefficient (Wildman–Crippen LogP) is 2.52. The van der Waals surface area contributed by atoms with Crippen LogP contribution in [0.2, 0.25) is 0 Å². The van der Waals surface area contributed by atoms with Crippen LogP contribution in [0.15, 0.2) is 47.5 Å². The molecule has 0 aliphatic rings. The minimum atomic E-state index is -3.72. The Kier molecular flexibility index (Phi) is 6.14. The minimum Gasteiger partial charge on any atom is -0.453 e. The topological polar surface area (TPSA) is 99.4 Å². The van der Waals surface area contributed by atoms with Gasteiger partial charge < -0.3 is 13.9 Å². The Labute approximate surface area is 179 Å². The fraction of sp³-hybridized carbons (Fsp3) is 0.238. The van der Waals surface area contributed by atoms with Gasteiger partial charge in [-0.05, 0) is 51.2 Å². The quantitative estimate of drug-likeness (QED) is 0.443. The molecule has 31 heavy (non-hydrogen) atoms. The van der Waals surface area contributed by atoms with Crippen molar-refractivity contribution in [2.75, 3.05) is 13.7 Å². The van der Waals surface area contributed by atoms with E-state index in [9.17, 15) is 22.4 Å². The van der Waals surface area contributed by atoms with E-state index in [2.05, 4.69) is 4.72 Å². The molecular formula is C21H22FN3O5S. The average Bonchev–Trinajstić information content (AvgIpc) is 3.26. The van der Waals surface area contributed by atoms with Crippen molar-refractivity contribution in [3.05, 3.63) is 71.1 Å². The average molecular weight is 447 g/mol. The number of aromatic nitrogens is 2. The Hall–Kier alpha value is -3.24. The monoisotopic (exact) mass is 447 g/mol. The van der Waals surface area contributed by atoms with E-state index in [1.54, 1.807) is 36.6 Å². The Morgan fingerprint density at radius 1 is 1.16 bits per heavy atom. The fourth-order valence-electron chi connectivity index (χ4n) is 3.34. The number of sulfonamides is 1. The number of nitrogens with one attached hydrogen (secondary N) is 1. The van der Waals surface area contributed by atoms with E-state index in [4.69, 9.17) is 4.74 Å². The number of carbonyl (C=O) groups excluding carboxylic acids is 2. The van der Waals surface area contributed by atoms with E-state index < -0.39 is 34.2 Å². The molecule has 164 valence electrons. The summed E-state index contributed by atoms with van der Waals surface area (Å²) in [5, 5.41) is 0. The van der Waals surface area contributed by atoms with Crippen molar-refractivity contribution in [3.63, 3.8) is 0 Å². The number of Topliss-reactive ketones (excluding diaryl/α,β-unsaturated/α-hetero) is 1. The summed E-state index contributed by atoms with van der Waals surface area (Å²) in [6.45, 7) is 2.99.